The Balaban J connectivity index is 1.68. The van der Waals surface area contributed by atoms with Gasteiger partial charge in [-0.25, -0.2) is 0 Å². The van der Waals surface area contributed by atoms with E-state index in [1.165, 1.54) is 0 Å². The Kier molecular flexibility index (Phi) is 3.65. The molecule has 3 nitrogen and oxygen atoms in total. The van der Waals surface area contributed by atoms with Crippen molar-refractivity contribution >= 4 is 28.3 Å². The van der Waals surface area contributed by atoms with E-state index in [4.69, 9.17) is 17.0 Å². The van der Waals surface area contributed by atoms with Crippen molar-refractivity contribution in [3.8, 4) is 0 Å². The summed E-state index contributed by atoms with van der Waals surface area (Å²) in [4.78, 5) is 4.65. The molecule has 1 atom stereocenters. The molecule has 5 heteroatoms. The highest BCUT2D eigenvalue weighted by Crippen LogP contribution is 2.19. The van der Waals surface area contributed by atoms with Crippen LogP contribution in [0.25, 0.3) is 0 Å². The summed E-state index contributed by atoms with van der Waals surface area (Å²) in [6.07, 6.45) is 0.477. The van der Waals surface area contributed by atoms with Crippen molar-refractivity contribution in [2.24, 2.45) is 0 Å². The zero-order valence-electron chi connectivity index (χ0n) is 8.44. The van der Waals surface area contributed by atoms with Crippen LogP contribution in [0.5, 0.6) is 0 Å². The largest absolute Gasteiger partial charge is 0.372 e. The number of thiocarbonyl (C=S) groups is 1. The maximum Gasteiger partial charge on any atom is 0.136 e. The number of ether oxygens (including phenoxy) is 1. The molecule has 0 N–H and O–H groups in total. The molecule has 0 aliphatic carbocycles. The quantitative estimate of drug-likeness (QED) is 0.513. The zero-order chi connectivity index (χ0) is 9.97. The molecule has 80 valence electrons. The van der Waals surface area contributed by atoms with E-state index in [0.717, 1.165) is 42.9 Å². The number of epoxide rings is 1. The van der Waals surface area contributed by atoms with Crippen LogP contribution in [-0.2, 0) is 4.74 Å². The minimum Gasteiger partial charge on any atom is -0.372 e. The molecule has 2 aliphatic heterocycles. The molecule has 0 aromatic heterocycles. The normalized spacial score (nSPS) is 27.8. The Morgan fingerprint density at radius 1 is 1.43 bits per heavy atom. The zero-order valence-corrected chi connectivity index (χ0v) is 10.1. The Hall–Kier alpha value is 0.160. The molecule has 2 rings (SSSR count). The third-order valence-electron chi connectivity index (χ3n) is 2.56. The summed E-state index contributed by atoms with van der Waals surface area (Å²) >= 11 is 7.14. The SMILES string of the molecule is CN1CCN(C(=S)SCC2CO2)CC1. The van der Waals surface area contributed by atoms with Crippen LogP contribution in [-0.4, -0.2) is 65.8 Å². The molecule has 0 radical (unpaired) electrons. The highest BCUT2D eigenvalue weighted by Gasteiger charge is 2.24. The molecule has 2 heterocycles. The van der Waals surface area contributed by atoms with Gasteiger partial charge < -0.3 is 14.5 Å². The van der Waals surface area contributed by atoms with E-state index in [2.05, 4.69) is 16.8 Å². The fourth-order valence-corrected chi connectivity index (χ4v) is 2.68. The summed E-state index contributed by atoms with van der Waals surface area (Å²) in [7, 11) is 2.16. The van der Waals surface area contributed by atoms with E-state index in [9.17, 15) is 0 Å². The standard InChI is InChI=1S/C9H16N2OS2/c1-10-2-4-11(5-3-10)9(13)14-7-8-6-12-8/h8H,2-7H2,1H3. The number of likely N-dealkylation sites (N-methyl/N-ethyl adjacent to an activating group) is 1. The molecule has 0 aromatic rings. The molecule has 0 spiro atoms. The third-order valence-corrected chi connectivity index (χ3v) is 4.21. The first-order chi connectivity index (χ1) is 6.75. The van der Waals surface area contributed by atoms with Gasteiger partial charge in [0.2, 0.25) is 0 Å². The van der Waals surface area contributed by atoms with Gasteiger partial charge in [0, 0.05) is 31.9 Å². The number of hydrogen-bond donors (Lipinski definition) is 0. The molecule has 2 aliphatic rings. The number of thioether (sulfide) groups is 1. The van der Waals surface area contributed by atoms with Crippen LogP contribution >= 0.6 is 24.0 Å². The lowest BCUT2D eigenvalue weighted by molar-refractivity contribution is 0.220. The van der Waals surface area contributed by atoms with Gasteiger partial charge >= 0.3 is 0 Å². The van der Waals surface area contributed by atoms with E-state index in [0.29, 0.717) is 6.10 Å². The summed E-state index contributed by atoms with van der Waals surface area (Å²) < 4.78 is 6.21. The third kappa shape index (κ3) is 3.08. The lowest BCUT2D eigenvalue weighted by Crippen LogP contribution is -2.45. The summed E-state index contributed by atoms with van der Waals surface area (Å²) in [6.45, 7) is 5.33. The molecule has 0 amide bonds. The first-order valence-corrected chi connectivity index (χ1v) is 6.37. The van der Waals surface area contributed by atoms with Gasteiger partial charge in [-0.1, -0.05) is 24.0 Å². The second-order valence-corrected chi connectivity index (χ2v) is 5.48. The predicted molar refractivity (Wildman–Crippen MR) is 63.9 cm³/mol. The van der Waals surface area contributed by atoms with Gasteiger partial charge in [0.05, 0.1) is 12.7 Å². The second-order valence-electron chi connectivity index (χ2n) is 3.82. The van der Waals surface area contributed by atoms with Gasteiger partial charge in [0.25, 0.3) is 0 Å². The Morgan fingerprint density at radius 2 is 2.07 bits per heavy atom. The monoisotopic (exact) mass is 232 g/mol. The summed E-state index contributed by atoms with van der Waals surface area (Å²) in [5.41, 5.74) is 0. The van der Waals surface area contributed by atoms with E-state index in [1.54, 1.807) is 11.8 Å². The maximum absolute atomic E-state index is 5.37. The van der Waals surface area contributed by atoms with Crippen LogP contribution in [0.15, 0.2) is 0 Å². The van der Waals surface area contributed by atoms with Crippen LogP contribution in [0, 0.1) is 0 Å². The highest BCUT2D eigenvalue weighted by molar-refractivity contribution is 8.22. The Morgan fingerprint density at radius 3 is 2.64 bits per heavy atom. The summed E-state index contributed by atoms with van der Waals surface area (Å²) in [5.74, 6) is 1.03. The lowest BCUT2D eigenvalue weighted by Gasteiger charge is -2.33. The highest BCUT2D eigenvalue weighted by atomic mass is 32.2. The van der Waals surface area contributed by atoms with Crippen molar-refractivity contribution < 1.29 is 4.74 Å². The van der Waals surface area contributed by atoms with E-state index in [-0.39, 0.29) is 0 Å². The lowest BCUT2D eigenvalue weighted by atomic mass is 10.4. The number of nitrogens with zero attached hydrogens (tertiary/aromatic N) is 2. The van der Waals surface area contributed by atoms with Crippen LogP contribution in [0.4, 0.5) is 0 Å². The average molecular weight is 232 g/mol. The molecule has 0 aromatic carbocycles. The summed E-state index contributed by atoms with van der Waals surface area (Å²) in [5, 5.41) is 0. The van der Waals surface area contributed by atoms with Crippen LogP contribution in [0.3, 0.4) is 0 Å². The van der Waals surface area contributed by atoms with Crippen molar-refractivity contribution in [3.05, 3.63) is 0 Å². The molecule has 0 bridgehead atoms. The van der Waals surface area contributed by atoms with Gasteiger partial charge in [-0.2, -0.15) is 0 Å². The maximum atomic E-state index is 5.37. The number of hydrogen-bond acceptors (Lipinski definition) is 4. The average Bonchev–Trinajstić information content (AvgIpc) is 2.99. The first-order valence-electron chi connectivity index (χ1n) is 4.97. The molecule has 1 unspecified atom stereocenters. The van der Waals surface area contributed by atoms with Crippen LogP contribution in [0.1, 0.15) is 0 Å². The van der Waals surface area contributed by atoms with Gasteiger partial charge in [-0.3, -0.25) is 0 Å². The van der Waals surface area contributed by atoms with Crippen molar-refractivity contribution in [1.29, 1.82) is 0 Å². The second kappa shape index (κ2) is 4.79. The Labute approximate surface area is 94.8 Å². The van der Waals surface area contributed by atoms with E-state index >= 15 is 0 Å². The van der Waals surface area contributed by atoms with Crippen molar-refractivity contribution in [1.82, 2.24) is 9.80 Å². The van der Waals surface area contributed by atoms with E-state index in [1.807, 2.05) is 0 Å². The van der Waals surface area contributed by atoms with Crippen molar-refractivity contribution in [2.45, 2.75) is 6.10 Å². The first kappa shape index (κ1) is 10.7. The Bertz CT molecular complexity index is 213. The molecule has 14 heavy (non-hydrogen) atoms. The van der Waals surface area contributed by atoms with Crippen LogP contribution in [0.2, 0.25) is 0 Å². The van der Waals surface area contributed by atoms with Crippen LogP contribution < -0.4 is 0 Å². The van der Waals surface area contributed by atoms with Gasteiger partial charge in [-0.05, 0) is 7.05 Å². The van der Waals surface area contributed by atoms with Crippen molar-refractivity contribution in [2.75, 3.05) is 45.6 Å². The fraction of sp³-hybridized carbons (Fsp3) is 0.889. The van der Waals surface area contributed by atoms with Gasteiger partial charge in [-0.15, -0.1) is 0 Å². The molecular formula is C9H16N2OS2. The van der Waals surface area contributed by atoms with Gasteiger partial charge in [0.15, 0.2) is 0 Å². The number of rotatable bonds is 2. The fourth-order valence-electron chi connectivity index (χ4n) is 1.41. The van der Waals surface area contributed by atoms with Gasteiger partial charge in [0.1, 0.15) is 4.32 Å². The molecule has 0 saturated carbocycles. The number of piperazine rings is 1. The van der Waals surface area contributed by atoms with Crippen molar-refractivity contribution in [3.63, 3.8) is 0 Å². The smallest absolute Gasteiger partial charge is 0.136 e. The summed E-state index contributed by atoms with van der Waals surface area (Å²) in [6, 6.07) is 0. The topological polar surface area (TPSA) is 19.0 Å². The van der Waals surface area contributed by atoms with E-state index < -0.39 is 0 Å². The minimum absolute atomic E-state index is 0.477. The minimum atomic E-state index is 0.477. The molecule has 2 fully saturated rings. The molecule has 2 saturated heterocycles. The molecular weight excluding hydrogens is 216 g/mol. The predicted octanol–water partition coefficient (Wildman–Crippen LogP) is 0.651.